The summed E-state index contributed by atoms with van der Waals surface area (Å²) >= 11 is 0. The van der Waals surface area contributed by atoms with E-state index in [1.807, 2.05) is 0 Å². The van der Waals surface area contributed by atoms with Crippen LogP contribution in [0.1, 0.15) is 70.4 Å². The molecular weight excluding hydrogens is 376 g/mol. The lowest BCUT2D eigenvalue weighted by Gasteiger charge is -2.57. The number of carbonyl (C=O) groups is 1. The molecule has 166 valence electrons. The molecule has 0 radical (unpaired) electrons. The number of H-pyrrole nitrogens is 1. The first-order valence-corrected chi connectivity index (χ1v) is 12.1. The first kappa shape index (κ1) is 20.7. The molecule has 5 rings (SSSR count). The second kappa shape index (κ2) is 7.74. The molecule has 1 aromatic rings. The molecule has 0 spiro atoms. The molecule has 4 saturated carbocycles. The van der Waals surface area contributed by atoms with E-state index in [4.69, 9.17) is 4.74 Å². The second-order valence-electron chi connectivity index (χ2n) is 11.2. The van der Waals surface area contributed by atoms with E-state index in [1.165, 1.54) is 32.1 Å². The molecule has 5 heteroatoms. The Labute approximate surface area is 180 Å². The minimum absolute atomic E-state index is 0.177. The smallest absolute Gasteiger partial charge is 0.142 e. The second-order valence-corrected chi connectivity index (χ2v) is 11.2. The van der Waals surface area contributed by atoms with Gasteiger partial charge in [0, 0.05) is 31.3 Å². The van der Waals surface area contributed by atoms with Gasteiger partial charge in [0.05, 0.1) is 18.5 Å². The quantitative estimate of drug-likeness (QED) is 0.758. The zero-order valence-corrected chi connectivity index (χ0v) is 18.6. The van der Waals surface area contributed by atoms with Gasteiger partial charge in [-0.15, -0.1) is 0 Å². The summed E-state index contributed by atoms with van der Waals surface area (Å²) in [6.45, 7) is 2.91. The monoisotopic (exact) mass is 414 g/mol. The summed E-state index contributed by atoms with van der Waals surface area (Å²) in [7, 11) is 1.70. The molecule has 0 unspecified atom stereocenters. The lowest BCUT2D eigenvalue weighted by atomic mass is 9.49. The number of Topliss-reactive ketones (excluding diaryl/α,β-unsaturated/α-hetero) is 1. The van der Waals surface area contributed by atoms with E-state index >= 15 is 0 Å². The Kier molecular flexibility index (Phi) is 5.34. The maximum absolute atomic E-state index is 13.2. The number of ketones is 1. The van der Waals surface area contributed by atoms with Gasteiger partial charge in [-0.2, -0.15) is 0 Å². The van der Waals surface area contributed by atoms with Crippen LogP contribution in [0.4, 0.5) is 0 Å². The zero-order valence-electron chi connectivity index (χ0n) is 18.6. The fourth-order valence-corrected chi connectivity index (χ4v) is 8.58. The highest BCUT2D eigenvalue weighted by Gasteiger charge is 2.58. The molecule has 8 atom stereocenters. The third kappa shape index (κ3) is 3.37. The predicted octanol–water partition coefficient (Wildman–Crippen LogP) is 4.17. The van der Waals surface area contributed by atoms with E-state index in [-0.39, 0.29) is 11.3 Å². The number of aliphatic hydroxyl groups is 1. The Morgan fingerprint density at radius 1 is 1.17 bits per heavy atom. The normalized spacial score (nSPS) is 45.4. The van der Waals surface area contributed by atoms with Gasteiger partial charge in [-0.3, -0.25) is 4.79 Å². The number of nitrogens with one attached hydrogen (secondary N) is 1. The molecule has 0 aliphatic heterocycles. The van der Waals surface area contributed by atoms with Crippen molar-refractivity contribution in [2.24, 2.45) is 40.9 Å². The van der Waals surface area contributed by atoms with Crippen molar-refractivity contribution in [1.82, 2.24) is 9.97 Å². The highest BCUT2D eigenvalue weighted by atomic mass is 16.5. The fraction of sp³-hybridized carbons (Fsp3) is 0.840. The van der Waals surface area contributed by atoms with Crippen LogP contribution in [0.15, 0.2) is 12.5 Å². The number of carbonyl (C=O) groups excluding carboxylic acids is 1. The van der Waals surface area contributed by atoms with Gasteiger partial charge in [-0.05, 0) is 92.8 Å². The third-order valence-electron chi connectivity index (χ3n) is 9.83. The molecule has 0 aromatic carbocycles. The van der Waals surface area contributed by atoms with Gasteiger partial charge in [0.15, 0.2) is 0 Å². The van der Waals surface area contributed by atoms with E-state index in [2.05, 4.69) is 16.9 Å². The summed E-state index contributed by atoms with van der Waals surface area (Å²) < 4.78 is 5.32. The molecule has 0 bridgehead atoms. The number of imidazole rings is 1. The number of rotatable bonds is 5. The van der Waals surface area contributed by atoms with E-state index in [0.717, 1.165) is 49.1 Å². The zero-order chi connectivity index (χ0) is 20.9. The molecule has 4 fully saturated rings. The molecule has 1 aromatic heterocycles. The van der Waals surface area contributed by atoms with Crippen LogP contribution < -0.4 is 0 Å². The Morgan fingerprint density at radius 2 is 2.00 bits per heavy atom. The lowest BCUT2D eigenvalue weighted by Crippen LogP contribution is -2.52. The van der Waals surface area contributed by atoms with Gasteiger partial charge >= 0.3 is 0 Å². The average Bonchev–Trinajstić information content (AvgIpc) is 3.34. The van der Waals surface area contributed by atoms with Crippen LogP contribution >= 0.6 is 0 Å². The van der Waals surface area contributed by atoms with Crippen molar-refractivity contribution in [2.45, 2.75) is 76.7 Å². The number of hydrogen-bond donors (Lipinski definition) is 2. The maximum atomic E-state index is 13.2. The molecule has 5 nitrogen and oxygen atoms in total. The van der Waals surface area contributed by atoms with Crippen molar-refractivity contribution in [3.8, 4) is 0 Å². The van der Waals surface area contributed by atoms with Crippen molar-refractivity contribution < 1.29 is 14.6 Å². The van der Waals surface area contributed by atoms with Crippen molar-refractivity contribution >= 4 is 5.78 Å². The summed E-state index contributed by atoms with van der Waals surface area (Å²) in [6.07, 6.45) is 14.2. The molecule has 1 heterocycles. The molecular formula is C25H38N2O3. The maximum Gasteiger partial charge on any atom is 0.142 e. The summed E-state index contributed by atoms with van der Waals surface area (Å²) in [4.78, 5) is 20.4. The minimum atomic E-state index is -0.608. The van der Waals surface area contributed by atoms with Crippen LogP contribution in [-0.4, -0.2) is 40.2 Å². The molecule has 0 amide bonds. The lowest BCUT2D eigenvalue weighted by molar-refractivity contribution is -0.135. The summed E-state index contributed by atoms with van der Waals surface area (Å²) in [5.74, 6) is 4.34. The van der Waals surface area contributed by atoms with Gasteiger partial charge < -0.3 is 14.8 Å². The van der Waals surface area contributed by atoms with Gasteiger partial charge in [0.1, 0.15) is 5.78 Å². The molecule has 30 heavy (non-hydrogen) atoms. The summed E-state index contributed by atoms with van der Waals surface area (Å²) in [6, 6.07) is 0. The number of nitrogens with zero attached hydrogens (tertiary/aromatic N) is 1. The number of ether oxygens (including phenoxy) is 1. The topological polar surface area (TPSA) is 75.2 Å². The molecule has 0 saturated heterocycles. The largest absolute Gasteiger partial charge is 0.387 e. The Bertz CT molecular complexity index is 764. The van der Waals surface area contributed by atoms with Crippen molar-refractivity contribution in [3.63, 3.8) is 0 Å². The van der Waals surface area contributed by atoms with Gasteiger partial charge in [0.2, 0.25) is 0 Å². The van der Waals surface area contributed by atoms with Gasteiger partial charge in [-0.1, -0.05) is 6.92 Å². The predicted molar refractivity (Wildman–Crippen MR) is 115 cm³/mol. The number of aromatic nitrogens is 2. The molecule has 4 aliphatic rings. The fourth-order valence-electron chi connectivity index (χ4n) is 8.58. The highest BCUT2D eigenvalue weighted by molar-refractivity contribution is 5.84. The number of aromatic amines is 1. The molecule has 2 N–H and O–H groups in total. The Hall–Kier alpha value is -1.20. The SMILES string of the molecule is COC[C@@]1(O)CC[C@H]2[C@H](CC[C@@H]3[C@@H]2CC[C@]2(C)[C@@H](C(=O)Cc4cnc[nH]4)CC[C@@H]32)C1. The first-order chi connectivity index (χ1) is 14.4. The molecule has 4 aliphatic carbocycles. The van der Waals surface area contributed by atoms with Gasteiger partial charge in [-0.25, -0.2) is 4.98 Å². The van der Waals surface area contributed by atoms with Crippen molar-refractivity contribution in [1.29, 1.82) is 0 Å². The first-order valence-electron chi connectivity index (χ1n) is 12.1. The van der Waals surface area contributed by atoms with Crippen LogP contribution in [0.3, 0.4) is 0 Å². The Balaban J connectivity index is 1.29. The van der Waals surface area contributed by atoms with Crippen LogP contribution in [-0.2, 0) is 16.0 Å². The van der Waals surface area contributed by atoms with Crippen LogP contribution in [0, 0.1) is 40.9 Å². The number of hydrogen-bond acceptors (Lipinski definition) is 4. The summed E-state index contributed by atoms with van der Waals surface area (Å²) in [5.41, 5.74) is 0.520. The van der Waals surface area contributed by atoms with E-state index < -0.39 is 5.60 Å². The summed E-state index contributed by atoms with van der Waals surface area (Å²) in [5, 5.41) is 10.9. The average molecular weight is 415 g/mol. The van der Waals surface area contributed by atoms with E-state index in [0.29, 0.717) is 30.6 Å². The van der Waals surface area contributed by atoms with Crippen molar-refractivity contribution in [2.75, 3.05) is 13.7 Å². The standard InChI is InChI=1S/C25H38N2O3/c1-24-9-7-19-18-8-10-25(29,14-30-2)12-16(18)3-4-20(19)21(24)5-6-22(24)23(28)11-17-13-26-15-27-17/h13,15-16,18-22,29H,3-12,14H2,1-2H3,(H,26,27)/t16-,18+,19-,20-,21+,22-,24+,25-/m1/s1. The van der Waals surface area contributed by atoms with Crippen LogP contribution in [0.5, 0.6) is 0 Å². The number of methoxy groups -OCH3 is 1. The van der Waals surface area contributed by atoms with Crippen molar-refractivity contribution in [3.05, 3.63) is 18.2 Å². The Morgan fingerprint density at radius 3 is 2.77 bits per heavy atom. The third-order valence-corrected chi connectivity index (χ3v) is 9.83. The van der Waals surface area contributed by atoms with Crippen LogP contribution in [0.2, 0.25) is 0 Å². The van der Waals surface area contributed by atoms with Gasteiger partial charge in [0.25, 0.3) is 0 Å². The van der Waals surface area contributed by atoms with E-state index in [1.54, 1.807) is 19.6 Å². The minimum Gasteiger partial charge on any atom is -0.387 e. The highest BCUT2D eigenvalue weighted by Crippen LogP contribution is 2.64. The number of fused-ring (bicyclic) bond motifs is 5. The van der Waals surface area contributed by atoms with E-state index in [9.17, 15) is 9.90 Å². The van der Waals surface area contributed by atoms with Crippen LogP contribution in [0.25, 0.3) is 0 Å².